The monoisotopic (exact) mass is 363 g/mol. The summed E-state index contributed by atoms with van der Waals surface area (Å²) in [7, 11) is 1.34. The molecule has 1 atom stereocenters. The van der Waals surface area contributed by atoms with E-state index in [2.05, 4.69) is 26.1 Å². The summed E-state index contributed by atoms with van der Waals surface area (Å²) < 4.78 is 7.41. The van der Waals surface area contributed by atoms with Crippen molar-refractivity contribution < 1.29 is 14.3 Å². The number of hydrogen-bond donors (Lipinski definition) is 0. The minimum atomic E-state index is -0.364. The Labute approximate surface area is 135 Å². The topological polar surface area (TPSA) is 74.1 Å². The maximum atomic E-state index is 12.6. The van der Waals surface area contributed by atoms with Crippen molar-refractivity contribution >= 4 is 27.7 Å². The number of aryl methyl sites for hydroxylation is 1. The van der Waals surface area contributed by atoms with Gasteiger partial charge in [0.1, 0.15) is 11.6 Å². The molecule has 0 aliphatic carbocycles. The van der Waals surface area contributed by atoms with Gasteiger partial charge >= 0.3 is 5.97 Å². The second kappa shape index (κ2) is 5.64. The molecular weight excluding hydrogens is 350 g/mol. The number of Topliss-reactive ketones (excluding diaryl/α,β-unsaturated/α-hetero) is 1. The molecule has 1 aliphatic heterocycles. The summed E-state index contributed by atoms with van der Waals surface area (Å²) in [5, 5.41) is 8.29. The quantitative estimate of drug-likeness (QED) is 0.766. The molecule has 0 bridgehead atoms. The molecule has 1 aromatic heterocycles. The van der Waals surface area contributed by atoms with E-state index in [0.717, 1.165) is 10.2 Å². The van der Waals surface area contributed by atoms with E-state index in [4.69, 9.17) is 4.74 Å². The number of fused-ring (bicyclic) bond motifs is 3. The van der Waals surface area contributed by atoms with Gasteiger partial charge < -0.3 is 4.74 Å². The summed E-state index contributed by atoms with van der Waals surface area (Å²) in [6.45, 7) is 1.83. The highest BCUT2D eigenvalue weighted by atomic mass is 79.9. The van der Waals surface area contributed by atoms with Gasteiger partial charge in [-0.1, -0.05) is 15.9 Å². The normalized spacial score (nSPS) is 16.7. The zero-order chi connectivity index (χ0) is 15.9. The molecule has 22 heavy (non-hydrogen) atoms. The van der Waals surface area contributed by atoms with Gasteiger partial charge in [0.15, 0.2) is 5.78 Å². The van der Waals surface area contributed by atoms with Crippen molar-refractivity contribution in [1.82, 2.24) is 14.8 Å². The lowest BCUT2D eigenvalue weighted by Crippen LogP contribution is -2.13. The Morgan fingerprint density at radius 3 is 2.95 bits per heavy atom. The van der Waals surface area contributed by atoms with Crippen LogP contribution < -0.4 is 0 Å². The molecule has 0 fully saturated rings. The van der Waals surface area contributed by atoms with Crippen LogP contribution in [0.15, 0.2) is 22.7 Å². The smallest absolute Gasteiger partial charge is 0.306 e. The minimum Gasteiger partial charge on any atom is -0.469 e. The number of halogens is 1. The lowest BCUT2D eigenvalue weighted by molar-refractivity contribution is -0.141. The van der Waals surface area contributed by atoms with Gasteiger partial charge in [0.25, 0.3) is 0 Å². The molecule has 2 aromatic rings. The summed E-state index contributed by atoms with van der Waals surface area (Å²) in [5.74, 6) is 0.583. The van der Waals surface area contributed by atoms with E-state index in [1.807, 2.05) is 23.6 Å². The first kappa shape index (κ1) is 14.9. The molecule has 1 aliphatic rings. The van der Waals surface area contributed by atoms with Crippen molar-refractivity contribution in [2.45, 2.75) is 25.7 Å². The highest BCUT2D eigenvalue weighted by Crippen LogP contribution is 2.34. The van der Waals surface area contributed by atoms with E-state index >= 15 is 0 Å². The molecule has 0 N–H and O–H groups in total. The molecule has 7 heteroatoms. The first-order chi connectivity index (χ1) is 10.5. The fourth-order valence-corrected chi connectivity index (χ4v) is 3.10. The molecule has 0 amide bonds. The molecule has 6 nitrogen and oxygen atoms in total. The Bertz CT molecular complexity index is 769. The maximum absolute atomic E-state index is 12.6. The lowest BCUT2D eigenvalue weighted by atomic mass is 9.96. The van der Waals surface area contributed by atoms with Gasteiger partial charge in [-0.2, -0.15) is 0 Å². The van der Waals surface area contributed by atoms with Crippen LogP contribution in [0.4, 0.5) is 0 Å². The third-order valence-corrected chi connectivity index (χ3v) is 4.28. The SMILES string of the molecule is COC(=O)CC1CC(=O)c2cc(Br)ccc2-n2c(C)nnc21. The predicted octanol–water partition coefficient (Wildman–Crippen LogP) is 2.57. The van der Waals surface area contributed by atoms with Crippen LogP contribution in [-0.4, -0.2) is 33.6 Å². The molecule has 0 saturated carbocycles. The molecule has 114 valence electrons. The van der Waals surface area contributed by atoms with Gasteiger partial charge in [-0.05, 0) is 25.1 Å². The Kier molecular flexibility index (Phi) is 3.82. The van der Waals surface area contributed by atoms with Crippen LogP contribution in [-0.2, 0) is 9.53 Å². The number of ether oxygens (including phenoxy) is 1. The summed E-state index contributed by atoms with van der Waals surface area (Å²) in [4.78, 5) is 24.2. The average molecular weight is 364 g/mol. The van der Waals surface area contributed by atoms with E-state index in [1.54, 1.807) is 6.07 Å². The molecule has 1 unspecified atom stereocenters. The van der Waals surface area contributed by atoms with Gasteiger partial charge in [0.05, 0.1) is 19.2 Å². The van der Waals surface area contributed by atoms with Crippen LogP contribution in [0, 0.1) is 6.92 Å². The Morgan fingerprint density at radius 1 is 1.45 bits per heavy atom. The second-order valence-corrected chi connectivity index (χ2v) is 6.12. The number of hydrogen-bond acceptors (Lipinski definition) is 5. The van der Waals surface area contributed by atoms with Crippen LogP contribution in [0.5, 0.6) is 0 Å². The number of aromatic nitrogens is 3. The van der Waals surface area contributed by atoms with Crippen molar-refractivity contribution in [3.05, 3.63) is 39.9 Å². The predicted molar refractivity (Wildman–Crippen MR) is 82.1 cm³/mol. The van der Waals surface area contributed by atoms with E-state index < -0.39 is 0 Å². The highest BCUT2D eigenvalue weighted by Gasteiger charge is 2.32. The van der Waals surface area contributed by atoms with Crippen LogP contribution in [0.2, 0.25) is 0 Å². The molecular formula is C15H14BrN3O3. The summed E-state index contributed by atoms with van der Waals surface area (Å²) >= 11 is 3.39. The summed E-state index contributed by atoms with van der Waals surface area (Å²) in [5.41, 5.74) is 1.35. The number of benzene rings is 1. The molecule has 0 spiro atoms. The van der Waals surface area contributed by atoms with E-state index in [0.29, 0.717) is 17.2 Å². The van der Waals surface area contributed by atoms with E-state index in [1.165, 1.54) is 7.11 Å². The van der Waals surface area contributed by atoms with Gasteiger partial charge in [-0.3, -0.25) is 14.2 Å². The van der Waals surface area contributed by atoms with Crippen LogP contribution in [0.1, 0.15) is 40.8 Å². The number of methoxy groups -OCH3 is 1. The van der Waals surface area contributed by atoms with E-state index in [9.17, 15) is 9.59 Å². The Hall–Kier alpha value is -2.02. The Morgan fingerprint density at radius 2 is 2.23 bits per heavy atom. The zero-order valence-corrected chi connectivity index (χ0v) is 13.8. The molecule has 2 heterocycles. The fourth-order valence-electron chi connectivity index (χ4n) is 2.74. The van der Waals surface area contributed by atoms with Gasteiger partial charge in [0.2, 0.25) is 0 Å². The number of carbonyl (C=O) groups excluding carboxylic acids is 2. The van der Waals surface area contributed by atoms with Crippen LogP contribution in [0.25, 0.3) is 5.69 Å². The van der Waals surface area contributed by atoms with Crippen molar-refractivity contribution in [3.8, 4) is 5.69 Å². The number of nitrogens with zero attached hydrogens (tertiary/aromatic N) is 3. The number of carbonyl (C=O) groups is 2. The van der Waals surface area contributed by atoms with Crippen LogP contribution in [0.3, 0.4) is 0 Å². The van der Waals surface area contributed by atoms with Crippen molar-refractivity contribution in [3.63, 3.8) is 0 Å². The van der Waals surface area contributed by atoms with Crippen molar-refractivity contribution in [2.24, 2.45) is 0 Å². The third kappa shape index (κ3) is 2.45. The first-order valence-corrected chi connectivity index (χ1v) is 7.62. The third-order valence-electron chi connectivity index (χ3n) is 3.79. The standard InChI is InChI=1S/C15H14BrN3O3/c1-8-17-18-15-9(6-14(21)22-2)5-13(20)11-7-10(16)3-4-12(11)19(8)15/h3-4,7,9H,5-6H2,1-2H3. The minimum absolute atomic E-state index is 0.0184. The average Bonchev–Trinajstić information content (AvgIpc) is 2.82. The second-order valence-electron chi connectivity index (χ2n) is 5.21. The van der Waals surface area contributed by atoms with E-state index in [-0.39, 0.29) is 30.5 Å². The van der Waals surface area contributed by atoms with Gasteiger partial charge in [0, 0.05) is 22.4 Å². The highest BCUT2D eigenvalue weighted by molar-refractivity contribution is 9.10. The van der Waals surface area contributed by atoms with Crippen molar-refractivity contribution in [1.29, 1.82) is 0 Å². The van der Waals surface area contributed by atoms with Gasteiger partial charge in [-0.25, -0.2) is 0 Å². The largest absolute Gasteiger partial charge is 0.469 e. The maximum Gasteiger partial charge on any atom is 0.306 e. The number of ketones is 1. The van der Waals surface area contributed by atoms with Gasteiger partial charge in [-0.15, -0.1) is 10.2 Å². The summed E-state index contributed by atoms with van der Waals surface area (Å²) in [6, 6.07) is 5.52. The fraction of sp³-hybridized carbons (Fsp3) is 0.333. The van der Waals surface area contributed by atoms with Crippen molar-refractivity contribution in [2.75, 3.05) is 7.11 Å². The number of rotatable bonds is 2. The Balaban J connectivity index is 2.17. The molecule has 3 rings (SSSR count). The molecule has 0 radical (unpaired) electrons. The first-order valence-electron chi connectivity index (χ1n) is 6.83. The lowest BCUT2D eigenvalue weighted by Gasteiger charge is -2.12. The molecule has 1 aromatic carbocycles. The number of esters is 1. The molecule has 0 saturated heterocycles. The van der Waals surface area contributed by atoms with Crippen LogP contribution >= 0.6 is 15.9 Å². The zero-order valence-electron chi connectivity index (χ0n) is 12.2. The summed E-state index contributed by atoms with van der Waals surface area (Å²) in [6.07, 6.45) is 0.312.